The molecule has 0 radical (unpaired) electrons. The van der Waals surface area contributed by atoms with Gasteiger partial charge in [0.05, 0.1) is 12.2 Å². The second-order valence-electron chi connectivity index (χ2n) is 6.68. The number of hydrogen-bond donors (Lipinski definition) is 0. The van der Waals surface area contributed by atoms with Crippen molar-refractivity contribution in [3.05, 3.63) is 59.2 Å². The Morgan fingerprint density at radius 1 is 1.04 bits per heavy atom. The van der Waals surface area contributed by atoms with E-state index in [9.17, 15) is 14.4 Å². The van der Waals surface area contributed by atoms with E-state index >= 15 is 0 Å². The van der Waals surface area contributed by atoms with Crippen LogP contribution in [0.2, 0.25) is 0 Å². The van der Waals surface area contributed by atoms with Crippen molar-refractivity contribution in [2.24, 2.45) is 0 Å². The molecule has 0 unspecified atom stereocenters. The Bertz CT molecular complexity index is 901. The topological polar surface area (TPSA) is 66.9 Å². The minimum absolute atomic E-state index is 0.00422. The first-order valence-corrected chi connectivity index (χ1v) is 9.41. The van der Waals surface area contributed by atoms with Crippen molar-refractivity contribution < 1.29 is 19.1 Å². The van der Waals surface area contributed by atoms with Crippen LogP contribution in [0, 0.1) is 0 Å². The van der Waals surface area contributed by atoms with Crippen LogP contribution < -0.4 is 9.64 Å². The summed E-state index contributed by atoms with van der Waals surface area (Å²) in [6.45, 7) is 7.02. The molecule has 6 heteroatoms. The number of amides is 2. The summed E-state index contributed by atoms with van der Waals surface area (Å²) in [5, 5.41) is 0. The zero-order valence-corrected chi connectivity index (χ0v) is 16.4. The molecular formula is C22H24N2O4. The fraction of sp³-hybridized carbons (Fsp3) is 0.318. The van der Waals surface area contributed by atoms with E-state index in [0.717, 1.165) is 5.56 Å². The fourth-order valence-electron chi connectivity index (χ4n) is 3.22. The number of anilines is 1. The van der Waals surface area contributed by atoms with Crippen LogP contribution in [-0.4, -0.2) is 42.2 Å². The summed E-state index contributed by atoms with van der Waals surface area (Å²) >= 11 is 0. The number of ether oxygens (including phenoxy) is 1. The lowest BCUT2D eigenvalue weighted by Crippen LogP contribution is -2.38. The Morgan fingerprint density at radius 2 is 1.68 bits per heavy atom. The minimum Gasteiger partial charge on any atom is -0.482 e. The number of ketones is 1. The van der Waals surface area contributed by atoms with E-state index in [1.54, 1.807) is 40.1 Å². The van der Waals surface area contributed by atoms with E-state index in [4.69, 9.17) is 4.74 Å². The average molecular weight is 380 g/mol. The second-order valence-corrected chi connectivity index (χ2v) is 6.68. The van der Waals surface area contributed by atoms with Gasteiger partial charge in [0, 0.05) is 24.2 Å². The SMILES string of the molecule is CCN(CC)C(=O)c1ccc(CN2C(=O)COc3ccc(C(C)=O)cc32)cc1. The van der Waals surface area contributed by atoms with Gasteiger partial charge in [0.1, 0.15) is 5.75 Å². The van der Waals surface area contributed by atoms with Gasteiger partial charge in [0.2, 0.25) is 0 Å². The number of benzene rings is 2. The van der Waals surface area contributed by atoms with Crippen LogP contribution in [0.3, 0.4) is 0 Å². The van der Waals surface area contributed by atoms with E-state index < -0.39 is 0 Å². The van der Waals surface area contributed by atoms with Gasteiger partial charge < -0.3 is 14.5 Å². The lowest BCUT2D eigenvalue weighted by molar-refractivity contribution is -0.121. The molecule has 0 atom stereocenters. The molecule has 1 aliphatic rings. The quantitative estimate of drug-likeness (QED) is 0.721. The molecular weight excluding hydrogens is 356 g/mol. The van der Waals surface area contributed by atoms with Crippen LogP contribution in [-0.2, 0) is 11.3 Å². The molecule has 0 bridgehead atoms. The third-order valence-corrected chi connectivity index (χ3v) is 4.90. The van der Waals surface area contributed by atoms with Crippen molar-refractivity contribution >= 4 is 23.3 Å². The van der Waals surface area contributed by atoms with Crippen LogP contribution in [0.1, 0.15) is 47.1 Å². The van der Waals surface area contributed by atoms with Crippen molar-refractivity contribution in [1.82, 2.24) is 4.90 Å². The van der Waals surface area contributed by atoms with Crippen molar-refractivity contribution in [2.75, 3.05) is 24.6 Å². The average Bonchev–Trinajstić information content (AvgIpc) is 2.71. The first-order chi connectivity index (χ1) is 13.4. The summed E-state index contributed by atoms with van der Waals surface area (Å²) in [6.07, 6.45) is 0. The molecule has 0 fully saturated rings. The first kappa shape index (κ1) is 19.6. The van der Waals surface area contributed by atoms with Crippen LogP contribution in [0.4, 0.5) is 5.69 Å². The number of nitrogens with zero attached hydrogens (tertiary/aromatic N) is 2. The van der Waals surface area contributed by atoms with E-state index in [1.807, 2.05) is 26.0 Å². The predicted molar refractivity (Wildman–Crippen MR) is 107 cm³/mol. The Hall–Kier alpha value is -3.15. The highest BCUT2D eigenvalue weighted by atomic mass is 16.5. The number of fused-ring (bicyclic) bond motifs is 1. The lowest BCUT2D eigenvalue weighted by atomic mass is 10.1. The minimum atomic E-state index is -0.170. The number of hydrogen-bond acceptors (Lipinski definition) is 4. The van der Waals surface area contributed by atoms with Gasteiger partial charge in [-0.2, -0.15) is 0 Å². The molecule has 2 aromatic rings. The zero-order chi connectivity index (χ0) is 20.3. The molecule has 2 amide bonds. The molecule has 2 aromatic carbocycles. The van der Waals surface area contributed by atoms with Crippen LogP contribution >= 0.6 is 0 Å². The number of rotatable bonds is 6. The third-order valence-electron chi connectivity index (χ3n) is 4.90. The third kappa shape index (κ3) is 3.91. The van der Waals surface area contributed by atoms with Gasteiger partial charge in [-0.25, -0.2) is 0 Å². The molecule has 0 aromatic heterocycles. The zero-order valence-electron chi connectivity index (χ0n) is 16.4. The molecule has 28 heavy (non-hydrogen) atoms. The van der Waals surface area contributed by atoms with Crippen molar-refractivity contribution in [1.29, 1.82) is 0 Å². The van der Waals surface area contributed by atoms with Gasteiger partial charge in [-0.3, -0.25) is 14.4 Å². The van der Waals surface area contributed by atoms with Crippen molar-refractivity contribution in [3.63, 3.8) is 0 Å². The van der Waals surface area contributed by atoms with Gasteiger partial charge >= 0.3 is 0 Å². The fourth-order valence-corrected chi connectivity index (χ4v) is 3.22. The monoisotopic (exact) mass is 380 g/mol. The molecule has 146 valence electrons. The number of Topliss-reactive ketones (excluding diaryl/α,β-unsaturated/α-hetero) is 1. The largest absolute Gasteiger partial charge is 0.482 e. The Balaban J connectivity index is 1.84. The standard InChI is InChI=1S/C22H24N2O4/c1-4-23(5-2)22(27)17-8-6-16(7-9-17)13-24-19-12-18(15(3)25)10-11-20(19)28-14-21(24)26/h6-12H,4-5,13-14H2,1-3H3. The van der Waals surface area contributed by atoms with Gasteiger partial charge in [0.15, 0.2) is 12.4 Å². The van der Waals surface area contributed by atoms with E-state index in [2.05, 4.69) is 0 Å². The number of carbonyl (C=O) groups is 3. The van der Waals surface area contributed by atoms with Gasteiger partial charge in [-0.1, -0.05) is 12.1 Å². The van der Waals surface area contributed by atoms with Crippen LogP contribution in [0.15, 0.2) is 42.5 Å². The Morgan fingerprint density at radius 3 is 2.29 bits per heavy atom. The molecule has 0 aliphatic carbocycles. The van der Waals surface area contributed by atoms with E-state index in [1.165, 1.54) is 6.92 Å². The van der Waals surface area contributed by atoms with E-state index in [-0.39, 0.29) is 24.2 Å². The lowest BCUT2D eigenvalue weighted by Gasteiger charge is -2.30. The summed E-state index contributed by atoms with van der Waals surface area (Å²) in [4.78, 5) is 40.0. The normalized spacial score (nSPS) is 13.0. The summed E-state index contributed by atoms with van der Waals surface area (Å²) < 4.78 is 5.49. The highest BCUT2D eigenvalue weighted by molar-refractivity contribution is 6.01. The maximum absolute atomic E-state index is 12.4. The molecule has 1 heterocycles. The maximum atomic E-state index is 12.4. The van der Waals surface area contributed by atoms with Gasteiger partial charge in [-0.05, 0) is 56.7 Å². The molecule has 0 spiro atoms. The predicted octanol–water partition coefficient (Wildman–Crippen LogP) is 3.30. The molecule has 0 saturated carbocycles. The highest BCUT2D eigenvalue weighted by Crippen LogP contribution is 2.34. The van der Waals surface area contributed by atoms with Gasteiger partial charge in [-0.15, -0.1) is 0 Å². The van der Waals surface area contributed by atoms with Crippen LogP contribution in [0.5, 0.6) is 5.75 Å². The first-order valence-electron chi connectivity index (χ1n) is 9.41. The molecule has 0 saturated heterocycles. The molecule has 0 N–H and O–H groups in total. The summed E-state index contributed by atoms with van der Waals surface area (Å²) in [7, 11) is 0. The second kappa shape index (κ2) is 8.25. The molecule has 3 rings (SSSR count). The Labute approximate surface area is 164 Å². The van der Waals surface area contributed by atoms with Crippen molar-refractivity contribution in [3.8, 4) is 5.75 Å². The van der Waals surface area contributed by atoms with Gasteiger partial charge in [0.25, 0.3) is 11.8 Å². The maximum Gasteiger partial charge on any atom is 0.265 e. The van der Waals surface area contributed by atoms with E-state index in [0.29, 0.717) is 42.2 Å². The molecule has 1 aliphatic heterocycles. The molecule has 6 nitrogen and oxygen atoms in total. The Kier molecular flexibility index (Phi) is 5.78. The van der Waals surface area contributed by atoms with Crippen LogP contribution in [0.25, 0.3) is 0 Å². The summed E-state index contributed by atoms with van der Waals surface area (Å²) in [5.74, 6) is 0.338. The number of carbonyl (C=O) groups excluding carboxylic acids is 3. The highest BCUT2D eigenvalue weighted by Gasteiger charge is 2.26. The summed E-state index contributed by atoms with van der Waals surface area (Å²) in [6, 6.07) is 12.4. The van der Waals surface area contributed by atoms with Crippen molar-refractivity contribution in [2.45, 2.75) is 27.3 Å². The smallest absolute Gasteiger partial charge is 0.265 e. The summed E-state index contributed by atoms with van der Waals surface area (Å²) in [5.41, 5.74) is 2.64.